The van der Waals surface area contributed by atoms with Gasteiger partial charge in [-0.3, -0.25) is 14.2 Å². The number of hydrogen-bond acceptors (Lipinski definition) is 4. The smallest absolute Gasteiger partial charge is 0.267 e. The maximum atomic E-state index is 12.7. The molecule has 1 aromatic heterocycles. The van der Waals surface area contributed by atoms with E-state index in [1.54, 1.807) is 31.2 Å². The highest BCUT2D eigenvalue weighted by Gasteiger charge is 2.43. The Hall–Kier alpha value is -2.96. The number of hydrazine groups is 1. The van der Waals surface area contributed by atoms with Gasteiger partial charge >= 0.3 is 6.03 Å². The Morgan fingerprint density at radius 3 is 2.30 bits per heavy atom. The Bertz CT molecular complexity index is 734. The van der Waals surface area contributed by atoms with Gasteiger partial charge in [-0.2, -0.15) is 5.01 Å². The van der Waals surface area contributed by atoms with Crippen molar-refractivity contribution in [3.63, 3.8) is 0 Å². The van der Waals surface area contributed by atoms with Gasteiger partial charge in [0.05, 0.1) is 17.2 Å². The number of aromatic nitrogens is 2. The molecule has 3 rings (SSSR count). The molecule has 3 amide bonds. The number of carbonyl (C=O) groups is 3. The summed E-state index contributed by atoms with van der Waals surface area (Å²) < 4.78 is 1.25. The second-order valence-corrected chi connectivity index (χ2v) is 5.32. The monoisotopic (exact) mass is 312 g/mol. The summed E-state index contributed by atoms with van der Waals surface area (Å²) in [5.41, 5.74) is 0.619. The molecular formula is C16H16N4O3. The van der Waals surface area contributed by atoms with E-state index in [0.717, 1.165) is 5.01 Å². The van der Waals surface area contributed by atoms with Crippen LogP contribution in [-0.4, -0.2) is 43.5 Å². The van der Waals surface area contributed by atoms with Crippen molar-refractivity contribution < 1.29 is 14.4 Å². The van der Waals surface area contributed by atoms with E-state index in [0.29, 0.717) is 17.5 Å². The standard InChI is InChI=1S/C16H16N4O3/c1-3-11(2)19(16(23)18-9-8-17-10-18)20-14(21)12-6-4-5-7-13(12)15(20)22/h4-11H,3H2,1-2H3. The predicted octanol–water partition coefficient (Wildman–Crippen LogP) is 2.16. The van der Waals surface area contributed by atoms with Gasteiger partial charge < -0.3 is 0 Å². The summed E-state index contributed by atoms with van der Waals surface area (Å²) in [6, 6.07) is 5.74. The van der Waals surface area contributed by atoms with Crippen molar-refractivity contribution in [3.05, 3.63) is 54.1 Å². The van der Waals surface area contributed by atoms with Crippen LogP contribution in [0.15, 0.2) is 43.0 Å². The molecule has 0 spiro atoms. The van der Waals surface area contributed by atoms with Gasteiger partial charge in [0.15, 0.2) is 0 Å². The van der Waals surface area contributed by atoms with Crippen LogP contribution < -0.4 is 0 Å². The molecule has 1 unspecified atom stereocenters. The van der Waals surface area contributed by atoms with Crippen LogP contribution in [-0.2, 0) is 0 Å². The zero-order valence-electron chi connectivity index (χ0n) is 12.8. The van der Waals surface area contributed by atoms with Crippen molar-refractivity contribution in [3.8, 4) is 0 Å². The zero-order chi connectivity index (χ0) is 16.6. The number of imidazole rings is 1. The molecule has 0 radical (unpaired) electrons. The van der Waals surface area contributed by atoms with E-state index in [-0.39, 0.29) is 6.04 Å². The highest BCUT2D eigenvalue weighted by Crippen LogP contribution is 2.26. The van der Waals surface area contributed by atoms with E-state index in [9.17, 15) is 14.4 Å². The van der Waals surface area contributed by atoms with E-state index >= 15 is 0 Å². The van der Waals surface area contributed by atoms with Gasteiger partial charge in [-0.15, -0.1) is 0 Å². The molecule has 2 aromatic rings. The Morgan fingerprint density at radius 1 is 1.22 bits per heavy atom. The number of hydrogen-bond donors (Lipinski definition) is 0. The normalized spacial score (nSPS) is 14.8. The Labute approximate surface area is 133 Å². The fourth-order valence-corrected chi connectivity index (χ4v) is 2.51. The van der Waals surface area contributed by atoms with Gasteiger partial charge in [0, 0.05) is 12.4 Å². The summed E-state index contributed by atoms with van der Waals surface area (Å²) in [5, 5.41) is 2.13. The second kappa shape index (κ2) is 5.68. The minimum absolute atomic E-state index is 0.309. The summed E-state index contributed by atoms with van der Waals surface area (Å²) in [4.78, 5) is 41.8. The molecule has 1 atom stereocenters. The van der Waals surface area contributed by atoms with Crippen LogP contribution in [0, 0.1) is 0 Å². The van der Waals surface area contributed by atoms with Gasteiger partial charge in [0.25, 0.3) is 11.8 Å². The first-order valence-electron chi connectivity index (χ1n) is 7.35. The van der Waals surface area contributed by atoms with E-state index in [1.165, 1.54) is 28.3 Å². The molecule has 2 heterocycles. The van der Waals surface area contributed by atoms with Gasteiger partial charge in [-0.25, -0.2) is 14.8 Å². The quantitative estimate of drug-likeness (QED) is 0.814. The first kappa shape index (κ1) is 15.0. The summed E-state index contributed by atoms with van der Waals surface area (Å²) in [6.45, 7) is 3.68. The Balaban J connectivity index is 2.04. The van der Waals surface area contributed by atoms with E-state index in [1.807, 2.05) is 6.92 Å². The number of benzene rings is 1. The lowest BCUT2D eigenvalue weighted by molar-refractivity contribution is 0.00445. The minimum Gasteiger partial charge on any atom is -0.267 e. The van der Waals surface area contributed by atoms with Gasteiger partial charge in [0.1, 0.15) is 6.33 Å². The van der Waals surface area contributed by atoms with Crippen LogP contribution in [0.5, 0.6) is 0 Å². The second-order valence-electron chi connectivity index (χ2n) is 5.32. The average molecular weight is 312 g/mol. The summed E-state index contributed by atoms with van der Waals surface area (Å²) >= 11 is 0. The van der Waals surface area contributed by atoms with Crippen molar-refractivity contribution in [2.45, 2.75) is 26.3 Å². The molecule has 1 aromatic carbocycles. The van der Waals surface area contributed by atoms with Crippen molar-refractivity contribution >= 4 is 17.8 Å². The lowest BCUT2D eigenvalue weighted by Crippen LogP contribution is -2.54. The van der Waals surface area contributed by atoms with Crippen molar-refractivity contribution in [1.82, 2.24) is 19.6 Å². The molecule has 0 aliphatic carbocycles. The first-order chi connectivity index (χ1) is 11.1. The molecule has 118 valence electrons. The summed E-state index contributed by atoms with van der Waals surface area (Å²) in [5.74, 6) is -0.973. The third kappa shape index (κ3) is 2.30. The number of fused-ring (bicyclic) bond motifs is 1. The van der Waals surface area contributed by atoms with Crippen LogP contribution >= 0.6 is 0 Å². The fraction of sp³-hybridized carbons (Fsp3) is 0.250. The van der Waals surface area contributed by atoms with Crippen LogP contribution in [0.2, 0.25) is 0 Å². The van der Waals surface area contributed by atoms with Crippen molar-refractivity contribution in [2.24, 2.45) is 0 Å². The van der Waals surface area contributed by atoms with Crippen LogP contribution in [0.3, 0.4) is 0 Å². The average Bonchev–Trinajstić information content (AvgIpc) is 3.18. The fourth-order valence-electron chi connectivity index (χ4n) is 2.51. The molecular weight excluding hydrogens is 296 g/mol. The largest absolute Gasteiger partial charge is 0.348 e. The molecule has 0 saturated heterocycles. The Morgan fingerprint density at radius 2 is 1.83 bits per heavy atom. The molecule has 0 saturated carbocycles. The zero-order valence-corrected chi connectivity index (χ0v) is 12.8. The summed E-state index contributed by atoms with van der Waals surface area (Å²) in [6.07, 6.45) is 4.88. The lowest BCUT2D eigenvalue weighted by Gasteiger charge is -2.34. The van der Waals surface area contributed by atoms with E-state index in [4.69, 9.17) is 0 Å². The predicted molar refractivity (Wildman–Crippen MR) is 81.6 cm³/mol. The van der Waals surface area contributed by atoms with E-state index < -0.39 is 17.8 Å². The molecule has 0 bridgehead atoms. The number of nitrogens with zero attached hydrogens (tertiary/aromatic N) is 4. The topological polar surface area (TPSA) is 75.5 Å². The Kier molecular flexibility index (Phi) is 3.69. The number of imide groups is 1. The highest BCUT2D eigenvalue weighted by molar-refractivity contribution is 6.21. The number of carbonyl (C=O) groups excluding carboxylic acids is 3. The van der Waals surface area contributed by atoms with Gasteiger partial charge in [0.2, 0.25) is 0 Å². The van der Waals surface area contributed by atoms with Gasteiger partial charge in [-0.05, 0) is 25.5 Å². The molecule has 23 heavy (non-hydrogen) atoms. The van der Waals surface area contributed by atoms with Crippen LogP contribution in [0.1, 0.15) is 41.0 Å². The molecule has 7 nitrogen and oxygen atoms in total. The SMILES string of the molecule is CCC(C)N(C(=O)n1ccnc1)N1C(=O)c2ccccc2C1=O. The number of rotatable bonds is 3. The highest BCUT2D eigenvalue weighted by atomic mass is 16.2. The molecule has 7 heteroatoms. The van der Waals surface area contributed by atoms with Crippen molar-refractivity contribution in [2.75, 3.05) is 0 Å². The lowest BCUT2D eigenvalue weighted by atomic mass is 10.1. The van der Waals surface area contributed by atoms with E-state index in [2.05, 4.69) is 4.98 Å². The van der Waals surface area contributed by atoms with Crippen LogP contribution in [0.25, 0.3) is 0 Å². The molecule has 1 aliphatic rings. The van der Waals surface area contributed by atoms with Crippen LogP contribution in [0.4, 0.5) is 4.79 Å². The number of amides is 3. The molecule has 1 aliphatic heterocycles. The summed E-state index contributed by atoms with van der Waals surface area (Å²) in [7, 11) is 0. The third-order valence-electron chi connectivity index (χ3n) is 3.92. The first-order valence-corrected chi connectivity index (χ1v) is 7.35. The third-order valence-corrected chi connectivity index (χ3v) is 3.92. The molecule has 0 N–H and O–H groups in total. The maximum Gasteiger partial charge on any atom is 0.348 e. The molecule has 0 fully saturated rings. The van der Waals surface area contributed by atoms with Gasteiger partial charge in [-0.1, -0.05) is 19.1 Å². The maximum absolute atomic E-state index is 12.7. The minimum atomic E-state index is -0.494. The van der Waals surface area contributed by atoms with Crippen molar-refractivity contribution in [1.29, 1.82) is 0 Å².